The molecule has 0 aliphatic rings. The summed E-state index contributed by atoms with van der Waals surface area (Å²) in [7, 11) is 3.92. The summed E-state index contributed by atoms with van der Waals surface area (Å²) in [4.78, 5) is 26.2. The molecule has 0 unspecified atom stereocenters. The predicted molar refractivity (Wildman–Crippen MR) is 97.1 cm³/mol. The van der Waals surface area contributed by atoms with Gasteiger partial charge in [-0.2, -0.15) is 0 Å². The maximum Gasteiger partial charge on any atom is 0.253 e. The Morgan fingerprint density at radius 2 is 1.46 bits per heavy atom. The summed E-state index contributed by atoms with van der Waals surface area (Å²) < 4.78 is 0. The molecule has 24 heavy (non-hydrogen) atoms. The first kappa shape index (κ1) is 17.7. The van der Waals surface area contributed by atoms with Crippen molar-refractivity contribution in [3.8, 4) is 0 Å². The van der Waals surface area contributed by atoms with Gasteiger partial charge in [-0.25, -0.2) is 0 Å². The van der Waals surface area contributed by atoms with Crippen molar-refractivity contribution in [2.75, 3.05) is 32.5 Å². The highest BCUT2D eigenvalue weighted by Gasteiger charge is 2.13. The Morgan fingerprint density at radius 1 is 0.917 bits per heavy atom. The quantitative estimate of drug-likeness (QED) is 0.769. The molecule has 0 fully saturated rings. The molecule has 2 aromatic carbocycles. The van der Waals surface area contributed by atoms with Crippen molar-refractivity contribution in [3.05, 3.63) is 59.7 Å². The van der Waals surface area contributed by atoms with Crippen LogP contribution in [0.25, 0.3) is 0 Å². The Kier molecular flexibility index (Phi) is 6.09. The second kappa shape index (κ2) is 8.26. The summed E-state index contributed by atoms with van der Waals surface area (Å²) in [6.45, 7) is 2.87. The van der Waals surface area contributed by atoms with Gasteiger partial charge < -0.3 is 15.5 Å². The van der Waals surface area contributed by atoms with E-state index in [1.165, 1.54) is 6.92 Å². The van der Waals surface area contributed by atoms with Crippen LogP contribution in [0.4, 0.5) is 11.4 Å². The van der Waals surface area contributed by atoms with Crippen LogP contribution in [0.2, 0.25) is 0 Å². The molecule has 0 heterocycles. The van der Waals surface area contributed by atoms with Gasteiger partial charge in [-0.1, -0.05) is 24.3 Å². The Balaban J connectivity index is 2.20. The first-order valence-corrected chi connectivity index (χ1v) is 7.88. The smallest absolute Gasteiger partial charge is 0.253 e. The number of rotatable bonds is 7. The Bertz CT molecular complexity index is 726. The molecule has 0 saturated heterocycles. The number of hydrogen-bond acceptors (Lipinski definition) is 4. The van der Waals surface area contributed by atoms with E-state index in [9.17, 15) is 9.59 Å². The van der Waals surface area contributed by atoms with Gasteiger partial charge in [-0.15, -0.1) is 0 Å². The van der Waals surface area contributed by atoms with Crippen molar-refractivity contribution in [2.24, 2.45) is 0 Å². The standard InChI is InChI=1S/C19H23N3O2/c1-14(23)15-8-4-6-10-17(15)21-18-11-7-5-9-16(18)19(24)20-12-13-22(2)3/h4-11,21H,12-13H2,1-3H3,(H,20,24). The molecule has 5 nitrogen and oxygen atoms in total. The van der Waals surface area contributed by atoms with Crippen LogP contribution in [0.15, 0.2) is 48.5 Å². The van der Waals surface area contributed by atoms with E-state index < -0.39 is 0 Å². The van der Waals surface area contributed by atoms with E-state index in [2.05, 4.69) is 10.6 Å². The fourth-order valence-corrected chi connectivity index (χ4v) is 2.32. The Hall–Kier alpha value is -2.66. The van der Waals surface area contributed by atoms with E-state index in [1.54, 1.807) is 12.1 Å². The molecule has 1 amide bonds. The van der Waals surface area contributed by atoms with Gasteiger partial charge in [-0.05, 0) is 45.3 Å². The number of hydrogen-bond donors (Lipinski definition) is 2. The highest BCUT2D eigenvalue weighted by molar-refractivity contribution is 6.03. The van der Waals surface area contributed by atoms with Crippen LogP contribution < -0.4 is 10.6 Å². The monoisotopic (exact) mass is 325 g/mol. The van der Waals surface area contributed by atoms with Crippen molar-refractivity contribution in [1.29, 1.82) is 0 Å². The molecule has 0 atom stereocenters. The summed E-state index contributed by atoms with van der Waals surface area (Å²) in [6.07, 6.45) is 0. The zero-order valence-corrected chi connectivity index (χ0v) is 14.3. The van der Waals surface area contributed by atoms with Gasteiger partial charge >= 0.3 is 0 Å². The molecule has 0 saturated carbocycles. The number of Topliss-reactive ketones (excluding diaryl/α,β-unsaturated/α-hetero) is 1. The maximum absolute atomic E-state index is 12.4. The average Bonchev–Trinajstić information content (AvgIpc) is 2.55. The van der Waals surface area contributed by atoms with Gasteiger partial charge in [0.1, 0.15) is 0 Å². The summed E-state index contributed by atoms with van der Waals surface area (Å²) in [5.41, 5.74) is 2.52. The van der Waals surface area contributed by atoms with Gasteiger partial charge in [-0.3, -0.25) is 9.59 Å². The highest BCUT2D eigenvalue weighted by atomic mass is 16.1. The summed E-state index contributed by atoms with van der Waals surface area (Å²) in [5, 5.41) is 6.12. The second-order valence-corrected chi connectivity index (χ2v) is 5.83. The fourth-order valence-electron chi connectivity index (χ4n) is 2.32. The van der Waals surface area contributed by atoms with Crippen LogP contribution in [-0.4, -0.2) is 43.8 Å². The molecule has 126 valence electrons. The van der Waals surface area contributed by atoms with Crippen LogP contribution in [-0.2, 0) is 0 Å². The van der Waals surface area contributed by atoms with Gasteiger partial charge in [0.15, 0.2) is 5.78 Å². The van der Waals surface area contributed by atoms with Crippen molar-refractivity contribution in [2.45, 2.75) is 6.92 Å². The zero-order chi connectivity index (χ0) is 17.5. The van der Waals surface area contributed by atoms with Crippen molar-refractivity contribution >= 4 is 23.1 Å². The topological polar surface area (TPSA) is 61.4 Å². The third kappa shape index (κ3) is 4.67. The number of ketones is 1. The van der Waals surface area contributed by atoms with Crippen LogP contribution in [0.5, 0.6) is 0 Å². The van der Waals surface area contributed by atoms with E-state index in [0.29, 0.717) is 29.0 Å². The fraction of sp³-hybridized carbons (Fsp3) is 0.263. The number of benzene rings is 2. The lowest BCUT2D eigenvalue weighted by Gasteiger charge is -2.15. The largest absolute Gasteiger partial charge is 0.354 e. The van der Waals surface area contributed by atoms with Crippen LogP contribution in [0, 0.1) is 0 Å². The number of nitrogens with one attached hydrogen (secondary N) is 2. The molecule has 5 heteroatoms. The van der Waals surface area contributed by atoms with E-state index >= 15 is 0 Å². The minimum atomic E-state index is -0.139. The number of para-hydroxylation sites is 2. The van der Waals surface area contributed by atoms with Gasteiger partial charge in [0.2, 0.25) is 0 Å². The molecule has 0 spiro atoms. The molecule has 0 aromatic heterocycles. The summed E-state index contributed by atoms with van der Waals surface area (Å²) in [6, 6.07) is 14.6. The molecule has 2 rings (SSSR count). The molecular weight excluding hydrogens is 302 g/mol. The van der Waals surface area contributed by atoms with Crippen LogP contribution >= 0.6 is 0 Å². The van der Waals surface area contributed by atoms with Gasteiger partial charge in [0, 0.05) is 24.3 Å². The number of carbonyl (C=O) groups is 2. The van der Waals surface area contributed by atoms with Crippen LogP contribution in [0.3, 0.4) is 0 Å². The zero-order valence-electron chi connectivity index (χ0n) is 14.3. The number of carbonyl (C=O) groups excluding carboxylic acids is 2. The molecule has 0 bridgehead atoms. The van der Waals surface area contributed by atoms with Gasteiger partial charge in [0.25, 0.3) is 5.91 Å². The maximum atomic E-state index is 12.4. The predicted octanol–water partition coefficient (Wildman–Crippen LogP) is 2.92. The summed E-state index contributed by atoms with van der Waals surface area (Å²) >= 11 is 0. The van der Waals surface area contributed by atoms with E-state index in [0.717, 1.165) is 6.54 Å². The van der Waals surface area contributed by atoms with Crippen molar-refractivity contribution in [1.82, 2.24) is 10.2 Å². The number of nitrogens with zero attached hydrogens (tertiary/aromatic N) is 1. The molecular formula is C19H23N3O2. The average molecular weight is 325 g/mol. The first-order valence-electron chi connectivity index (χ1n) is 7.88. The van der Waals surface area contributed by atoms with Crippen LogP contribution in [0.1, 0.15) is 27.6 Å². The van der Waals surface area contributed by atoms with Gasteiger partial charge in [0.05, 0.1) is 11.3 Å². The van der Waals surface area contributed by atoms with E-state index in [1.807, 2.05) is 55.4 Å². The summed E-state index contributed by atoms with van der Waals surface area (Å²) in [5.74, 6) is -0.161. The second-order valence-electron chi connectivity index (χ2n) is 5.83. The molecule has 2 aromatic rings. The molecule has 0 radical (unpaired) electrons. The minimum absolute atomic E-state index is 0.0222. The Labute approximate surface area is 142 Å². The lowest BCUT2D eigenvalue weighted by molar-refractivity contribution is 0.0951. The number of anilines is 2. The van der Waals surface area contributed by atoms with Crippen molar-refractivity contribution in [3.63, 3.8) is 0 Å². The van der Waals surface area contributed by atoms with E-state index in [-0.39, 0.29) is 11.7 Å². The Morgan fingerprint density at radius 3 is 2.04 bits per heavy atom. The molecule has 0 aliphatic heterocycles. The highest BCUT2D eigenvalue weighted by Crippen LogP contribution is 2.24. The third-order valence-electron chi connectivity index (χ3n) is 3.59. The lowest BCUT2D eigenvalue weighted by atomic mass is 10.1. The molecule has 0 aliphatic carbocycles. The first-order chi connectivity index (χ1) is 11.5. The molecule has 2 N–H and O–H groups in total. The van der Waals surface area contributed by atoms with Crippen molar-refractivity contribution < 1.29 is 9.59 Å². The number of amides is 1. The lowest BCUT2D eigenvalue weighted by Crippen LogP contribution is -2.31. The van der Waals surface area contributed by atoms with E-state index in [4.69, 9.17) is 0 Å². The SMILES string of the molecule is CC(=O)c1ccccc1Nc1ccccc1C(=O)NCCN(C)C. The normalized spacial score (nSPS) is 10.5. The third-order valence-corrected chi connectivity index (χ3v) is 3.59. The number of likely N-dealkylation sites (N-methyl/N-ethyl adjacent to an activating group) is 1. The minimum Gasteiger partial charge on any atom is -0.354 e.